The van der Waals surface area contributed by atoms with E-state index in [-0.39, 0.29) is 30.4 Å². The van der Waals surface area contributed by atoms with Gasteiger partial charge in [-0.05, 0) is 25.8 Å². The zero-order valence-corrected chi connectivity index (χ0v) is 6.93. The first-order valence-corrected chi connectivity index (χ1v) is 2.76. The lowest BCUT2D eigenvalue weighted by Crippen LogP contribution is -2.24. The molecule has 1 fully saturated rings. The van der Waals surface area contributed by atoms with Crippen LogP contribution in [0, 0.1) is 0 Å². The Morgan fingerprint density at radius 2 is 1.67 bits per heavy atom. The van der Waals surface area contributed by atoms with Gasteiger partial charge in [-0.1, -0.05) is 0 Å². The first-order valence-electron chi connectivity index (χ1n) is 2.76. The molecule has 4 heteroatoms. The predicted octanol–water partition coefficient (Wildman–Crippen LogP) is 0.670. The lowest BCUT2D eigenvalue weighted by molar-refractivity contribution is 0.619. The Bertz CT molecular complexity index is 73.4. The first kappa shape index (κ1) is 12.2. The monoisotopic (exact) mass is 172 g/mol. The number of hydrogen-bond acceptors (Lipinski definition) is 2. The smallest absolute Gasteiger partial charge is 0.0167 e. The van der Waals surface area contributed by atoms with Crippen molar-refractivity contribution in [3.05, 3.63) is 0 Å². The van der Waals surface area contributed by atoms with Crippen LogP contribution in [0.25, 0.3) is 0 Å². The van der Waals surface area contributed by atoms with Crippen LogP contribution in [0.15, 0.2) is 0 Å². The van der Waals surface area contributed by atoms with E-state index in [1.807, 2.05) is 0 Å². The molecule has 0 unspecified atom stereocenters. The molecule has 58 valence electrons. The molecule has 0 bridgehead atoms. The van der Waals surface area contributed by atoms with Crippen molar-refractivity contribution in [1.82, 2.24) is 0 Å². The van der Waals surface area contributed by atoms with Crippen LogP contribution in [0.2, 0.25) is 0 Å². The summed E-state index contributed by atoms with van der Waals surface area (Å²) in [6.45, 7) is 0.747. The Morgan fingerprint density at radius 3 is 1.78 bits per heavy atom. The molecule has 1 aliphatic rings. The molecule has 0 heterocycles. The molecule has 1 saturated carbocycles. The fourth-order valence-electron chi connectivity index (χ4n) is 0.698. The summed E-state index contributed by atoms with van der Waals surface area (Å²) in [5, 5.41) is 0. The largest absolute Gasteiger partial charge is 0.330 e. The third kappa shape index (κ3) is 3.98. The fourth-order valence-corrected chi connectivity index (χ4v) is 0.698. The number of hydrogen-bond donors (Lipinski definition) is 2. The van der Waals surface area contributed by atoms with Gasteiger partial charge in [0.05, 0.1) is 0 Å². The highest BCUT2D eigenvalue weighted by atomic mass is 35.5. The van der Waals surface area contributed by atoms with Crippen molar-refractivity contribution in [3.8, 4) is 0 Å². The van der Waals surface area contributed by atoms with Gasteiger partial charge >= 0.3 is 0 Å². The van der Waals surface area contributed by atoms with E-state index in [0.29, 0.717) is 0 Å². The molecule has 9 heavy (non-hydrogen) atoms. The van der Waals surface area contributed by atoms with Gasteiger partial charge in [-0.25, -0.2) is 0 Å². The van der Waals surface area contributed by atoms with Crippen molar-refractivity contribution in [3.63, 3.8) is 0 Å². The Morgan fingerprint density at radius 1 is 1.22 bits per heavy atom. The average molecular weight is 173 g/mol. The Kier molecular flexibility index (Phi) is 5.88. The minimum atomic E-state index is 0. The second-order valence-corrected chi connectivity index (χ2v) is 2.40. The van der Waals surface area contributed by atoms with Crippen LogP contribution in [-0.4, -0.2) is 12.1 Å². The highest BCUT2D eigenvalue weighted by Crippen LogP contribution is 2.34. The molecule has 1 aliphatic carbocycles. The van der Waals surface area contributed by atoms with E-state index in [1.54, 1.807) is 0 Å². The molecule has 0 spiro atoms. The third-order valence-corrected chi connectivity index (χ3v) is 1.53. The maximum Gasteiger partial charge on any atom is 0.0167 e. The summed E-state index contributed by atoms with van der Waals surface area (Å²) < 4.78 is 0. The lowest BCUT2D eigenvalue weighted by Gasteiger charge is -2.02. The molecule has 0 saturated heterocycles. The molecule has 0 aromatic carbocycles. The van der Waals surface area contributed by atoms with Crippen LogP contribution in [0.1, 0.15) is 19.3 Å². The van der Waals surface area contributed by atoms with Crippen LogP contribution in [0.3, 0.4) is 0 Å². The van der Waals surface area contributed by atoms with Gasteiger partial charge < -0.3 is 11.5 Å². The van der Waals surface area contributed by atoms with Crippen LogP contribution in [0.5, 0.6) is 0 Å². The van der Waals surface area contributed by atoms with E-state index in [1.165, 1.54) is 12.8 Å². The van der Waals surface area contributed by atoms with Crippen LogP contribution < -0.4 is 11.5 Å². The van der Waals surface area contributed by atoms with Crippen LogP contribution in [-0.2, 0) is 0 Å². The SMILES string of the molecule is Cl.Cl.NCCC1(N)CC1. The molecular formula is C5H14Cl2N2. The number of nitrogens with two attached hydrogens (primary N) is 2. The molecule has 0 atom stereocenters. The van der Waals surface area contributed by atoms with E-state index < -0.39 is 0 Å². The minimum Gasteiger partial charge on any atom is -0.330 e. The van der Waals surface area contributed by atoms with Gasteiger partial charge in [0, 0.05) is 5.54 Å². The maximum atomic E-state index is 5.68. The molecule has 0 aromatic rings. The fraction of sp³-hybridized carbons (Fsp3) is 1.00. The summed E-state index contributed by atoms with van der Waals surface area (Å²) in [5.74, 6) is 0. The van der Waals surface area contributed by atoms with Crippen LogP contribution in [0.4, 0.5) is 0 Å². The summed E-state index contributed by atoms with van der Waals surface area (Å²) in [7, 11) is 0. The van der Waals surface area contributed by atoms with E-state index in [2.05, 4.69) is 0 Å². The van der Waals surface area contributed by atoms with Gasteiger partial charge in [-0.2, -0.15) is 0 Å². The molecule has 0 radical (unpaired) electrons. The first-order chi connectivity index (χ1) is 3.27. The lowest BCUT2D eigenvalue weighted by atomic mass is 10.2. The van der Waals surface area contributed by atoms with Gasteiger partial charge in [0.2, 0.25) is 0 Å². The van der Waals surface area contributed by atoms with Gasteiger partial charge in [-0.3, -0.25) is 0 Å². The second kappa shape index (κ2) is 4.34. The predicted molar refractivity (Wildman–Crippen MR) is 44.3 cm³/mol. The van der Waals surface area contributed by atoms with Crippen molar-refractivity contribution in [2.45, 2.75) is 24.8 Å². The number of rotatable bonds is 2. The van der Waals surface area contributed by atoms with Gasteiger partial charge in [0.1, 0.15) is 0 Å². The standard InChI is InChI=1S/C5H12N2.2ClH/c6-4-3-5(7)1-2-5;;/h1-4,6-7H2;2*1H. The van der Waals surface area contributed by atoms with Crippen LogP contribution >= 0.6 is 24.8 Å². The molecule has 4 N–H and O–H groups in total. The molecule has 0 aliphatic heterocycles. The zero-order valence-electron chi connectivity index (χ0n) is 5.30. The Balaban J connectivity index is 0. The molecular weight excluding hydrogens is 159 g/mol. The van der Waals surface area contributed by atoms with Gasteiger partial charge in [0.25, 0.3) is 0 Å². The molecule has 1 rings (SSSR count). The summed E-state index contributed by atoms with van der Waals surface area (Å²) in [4.78, 5) is 0. The van der Waals surface area contributed by atoms with Crippen molar-refractivity contribution >= 4 is 24.8 Å². The minimum absolute atomic E-state index is 0. The summed E-state index contributed by atoms with van der Waals surface area (Å²) in [5.41, 5.74) is 11.1. The Hall–Kier alpha value is 0.500. The molecule has 0 aromatic heterocycles. The van der Waals surface area contributed by atoms with E-state index in [0.717, 1.165) is 13.0 Å². The highest BCUT2D eigenvalue weighted by Gasteiger charge is 2.36. The third-order valence-electron chi connectivity index (χ3n) is 1.53. The number of halogens is 2. The van der Waals surface area contributed by atoms with E-state index in [4.69, 9.17) is 11.5 Å². The van der Waals surface area contributed by atoms with E-state index >= 15 is 0 Å². The summed E-state index contributed by atoms with van der Waals surface area (Å²) >= 11 is 0. The summed E-state index contributed by atoms with van der Waals surface area (Å²) in [6, 6.07) is 0. The second-order valence-electron chi connectivity index (χ2n) is 2.40. The summed E-state index contributed by atoms with van der Waals surface area (Å²) in [6.07, 6.45) is 3.38. The zero-order chi connectivity index (χ0) is 5.33. The van der Waals surface area contributed by atoms with Crippen molar-refractivity contribution < 1.29 is 0 Å². The van der Waals surface area contributed by atoms with Gasteiger partial charge in [0.15, 0.2) is 0 Å². The normalized spacial score (nSPS) is 19.3. The van der Waals surface area contributed by atoms with Crippen molar-refractivity contribution in [1.29, 1.82) is 0 Å². The van der Waals surface area contributed by atoms with Gasteiger partial charge in [-0.15, -0.1) is 24.8 Å². The maximum absolute atomic E-state index is 5.68. The quantitative estimate of drug-likeness (QED) is 0.644. The molecule has 2 nitrogen and oxygen atoms in total. The molecule has 0 amide bonds. The van der Waals surface area contributed by atoms with Crippen molar-refractivity contribution in [2.24, 2.45) is 11.5 Å². The Labute approximate surface area is 68.2 Å². The highest BCUT2D eigenvalue weighted by molar-refractivity contribution is 5.85. The average Bonchev–Trinajstić information content (AvgIpc) is 2.22. The van der Waals surface area contributed by atoms with Crippen molar-refractivity contribution in [2.75, 3.05) is 6.54 Å². The van der Waals surface area contributed by atoms with E-state index in [9.17, 15) is 0 Å². The topological polar surface area (TPSA) is 52.0 Å².